The van der Waals surface area contributed by atoms with Crippen LogP contribution >= 0.6 is 11.6 Å². The Morgan fingerprint density at radius 1 is 1.02 bits per heavy atom. The summed E-state index contributed by atoms with van der Waals surface area (Å²) in [5.41, 5.74) is -2.00. The molecule has 14 heteroatoms. The Balaban J connectivity index is 1.50. The molecule has 4 atom stereocenters. The average Bonchev–Trinajstić information content (AvgIpc) is 3.03. The number of halogens is 4. The Morgan fingerprint density at radius 3 is 2.20 bits per heavy atom. The van der Waals surface area contributed by atoms with Crippen LogP contribution in [0.5, 0.6) is 0 Å². The zero-order valence-electron chi connectivity index (χ0n) is 20.9. The van der Waals surface area contributed by atoms with Gasteiger partial charge in [-0.05, 0) is 55.7 Å². The fourth-order valence-electron chi connectivity index (χ4n) is 5.65. The highest BCUT2D eigenvalue weighted by Crippen LogP contribution is 2.53. The molecular formula is C26H26ClF3N2O7S. The molecule has 2 aliphatic rings. The molecule has 2 aromatic rings. The van der Waals surface area contributed by atoms with Crippen LogP contribution in [0.15, 0.2) is 35.2 Å². The molecule has 2 fully saturated rings. The minimum atomic E-state index is -4.13. The van der Waals surface area contributed by atoms with Crippen LogP contribution < -0.4 is 10.6 Å². The van der Waals surface area contributed by atoms with Crippen LogP contribution in [0.2, 0.25) is 5.02 Å². The molecule has 2 aromatic carbocycles. The van der Waals surface area contributed by atoms with Gasteiger partial charge < -0.3 is 20.8 Å². The second kappa shape index (κ2) is 11.4. The summed E-state index contributed by atoms with van der Waals surface area (Å²) in [6.07, 6.45) is 0.521. The van der Waals surface area contributed by atoms with E-state index in [1.807, 2.05) is 0 Å². The van der Waals surface area contributed by atoms with E-state index in [0.29, 0.717) is 25.0 Å². The van der Waals surface area contributed by atoms with Gasteiger partial charge in [0.05, 0.1) is 33.6 Å². The van der Waals surface area contributed by atoms with Gasteiger partial charge in [0.1, 0.15) is 0 Å². The molecule has 0 radical (unpaired) electrons. The van der Waals surface area contributed by atoms with Gasteiger partial charge in [-0.25, -0.2) is 21.6 Å². The maximum atomic E-state index is 13.7. The largest absolute Gasteiger partial charge is 0.481 e. The Morgan fingerprint density at radius 2 is 1.62 bits per heavy atom. The van der Waals surface area contributed by atoms with Crippen LogP contribution in [0, 0.1) is 29.3 Å². The molecule has 2 saturated carbocycles. The summed E-state index contributed by atoms with van der Waals surface area (Å²) in [4.78, 5) is 35.4. The molecule has 0 aromatic heterocycles. The molecule has 0 spiro atoms. The maximum absolute atomic E-state index is 13.7. The topological polar surface area (TPSA) is 150 Å². The molecule has 2 amide bonds. The first kappa shape index (κ1) is 29.8. The molecule has 40 heavy (non-hydrogen) atoms. The summed E-state index contributed by atoms with van der Waals surface area (Å²) in [6, 6.07) is 4.62. The number of benzene rings is 2. The van der Waals surface area contributed by atoms with Gasteiger partial charge in [-0.1, -0.05) is 11.6 Å². The number of carbonyl (C=O) groups excluding carboxylic acids is 2. The van der Waals surface area contributed by atoms with Crippen LogP contribution in [-0.4, -0.2) is 53.8 Å². The smallest absolute Gasteiger partial charge is 0.305 e. The van der Waals surface area contributed by atoms with E-state index in [1.54, 1.807) is 0 Å². The van der Waals surface area contributed by atoms with Gasteiger partial charge in [-0.15, -0.1) is 0 Å². The SMILES string of the molecule is O=C(O)CCNC(=O)CC1(O)C2CC[C@@H]1CC(S(=O)(=O)c1cc(C(=O)Nc3cc(F)c(F)c(F)c3)ccc1Cl)C2. The van der Waals surface area contributed by atoms with Gasteiger partial charge in [-0.2, -0.15) is 0 Å². The number of carbonyl (C=O) groups is 3. The molecule has 0 aliphatic heterocycles. The predicted octanol–water partition coefficient (Wildman–Crippen LogP) is 3.68. The molecule has 0 heterocycles. The molecule has 0 saturated heterocycles. The molecule has 4 rings (SSSR count). The number of aliphatic carboxylic acids is 1. The molecule has 3 unspecified atom stereocenters. The van der Waals surface area contributed by atoms with Crippen molar-refractivity contribution in [2.24, 2.45) is 11.8 Å². The summed E-state index contributed by atoms with van der Waals surface area (Å²) in [7, 11) is -4.13. The van der Waals surface area contributed by atoms with Crippen LogP contribution in [0.4, 0.5) is 18.9 Å². The number of fused-ring (bicyclic) bond motifs is 2. The van der Waals surface area contributed by atoms with E-state index in [2.05, 4.69) is 10.6 Å². The summed E-state index contributed by atoms with van der Waals surface area (Å²) in [6.45, 7) is -0.0932. The van der Waals surface area contributed by atoms with Crippen molar-refractivity contribution in [2.45, 2.75) is 54.3 Å². The quantitative estimate of drug-likeness (QED) is 0.320. The number of amides is 2. The lowest BCUT2D eigenvalue weighted by Crippen LogP contribution is -2.50. The first-order chi connectivity index (χ1) is 18.7. The lowest BCUT2D eigenvalue weighted by atomic mass is 9.72. The Labute approximate surface area is 232 Å². The standard InChI is InChI=1S/C26H26ClF3N2O7S/c27-18-4-1-13(25(36)32-16-10-19(28)24(30)20(29)11-16)7-21(18)40(38,39)17-8-14-2-3-15(9-17)26(14,37)12-22(33)31-6-5-23(34)35/h1,4,7,10-11,14-15,17,37H,2-3,5-6,8-9,12H2,(H,31,33)(H,32,36)(H,34,35)/t14-,15?,17?,26?/m1/s1. The average molecular weight is 603 g/mol. The van der Waals surface area contributed by atoms with Crippen molar-refractivity contribution in [2.75, 3.05) is 11.9 Å². The van der Waals surface area contributed by atoms with Gasteiger partial charge in [0.15, 0.2) is 27.3 Å². The van der Waals surface area contributed by atoms with Crippen LogP contribution in [0.3, 0.4) is 0 Å². The van der Waals surface area contributed by atoms with E-state index < -0.39 is 67.8 Å². The number of nitrogens with one attached hydrogen (secondary N) is 2. The Bertz CT molecular complexity index is 1430. The van der Waals surface area contributed by atoms with E-state index >= 15 is 0 Å². The third kappa shape index (κ3) is 5.96. The van der Waals surface area contributed by atoms with Crippen LogP contribution in [0.1, 0.15) is 48.9 Å². The first-order valence-corrected chi connectivity index (χ1v) is 14.3. The number of carboxylic acids is 1. The maximum Gasteiger partial charge on any atom is 0.305 e. The van der Waals surface area contributed by atoms with E-state index in [4.69, 9.17) is 16.7 Å². The highest BCUT2D eigenvalue weighted by Gasteiger charge is 2.56. The molecule has 216 valence electrons. The van der Waals surface area contributed by atoms with E-state index in [-0.39, 0.29) is 53.4 Å². The molecule has 4 N–H and O–H groups in total. The number of hydrogen-bond donors (Lipinski definition) is 4. The highest BCUT2D eigenvalue weighted by molar-refractivity contribution is 7.92. The molecule has 2 bridgehead atoms. The van der Waals surface area contributed by atoms with Crippen molar-refractivity contribution in [3.8, 4) is 0 Å². The number of carboxylic acid groups (broad SMARTS) is 1. The number of hydrogen-bond acceptors (Lipinski definition) is 6. The normalized spacial score (nSPS) is 24.0. The third-order valence-corrected chi connectivity index (χ3v) is 10.3. The van der Waals surface area contributed by atoms with Gasteiger partial charge in [0, 0.05) is 29.9 Å². The second-order valence-corrected chi connectivity index (χ2v) is 12.7. The van der Waals surface area contributed by atoms with E-state index in [9.17, 15) is 41.1 Å². The molecule has 9 nitrogen and oxygen atoms in total. The van der Waals surface area contributed by atoms with E-state index in [1.165, 1.54) is 12.1 Å². The Hall–Kier alpha value is -3.16. The number of aliphatic hydroxyl groups is 1. The van der Waals surface area contributed by atoms with Crippen molar-refractivity contribution in [3.05, 3.63) is 58.4 Å². The second-order valence-electron chi connectivity index (χ2n) is 10.1. The lowest BCUT2D eigenvalue weighted by Gasteiger charge is -2.42. The minimum Gasteiger partial charge on any atom is -0.481 e. The van der Waals surface area contributed by atoms with Crippen molar-refractivity contribution in [3.63, 3.8) is 0 Å². The monoisotopic (exact) mass is 602 g/mol. The zero-order chi connectivity index (χ0) is 29.4. The van der Waals surface area contributed by atoms with Gasteiger partial charge >= 0.3 is 5.97 Å². The minimum absolute atomic E-state index is 0.0403. The highest BCUT2D eigenvalue weighted by atomic mass is 35.5. The van der Waals surface area contributed by atoms with Crippen molar-refractivity contribution < 1.29 is 46.2 Å². The fourth-order valence-corrected chi connectivity index (χ4v) is 8.06. The van der Waals surface area contributed by atoms with Crippen LogP contribution in [-0.2, 0) is 19.4 Å². The molecule has 2 aliphatic carbocycles. The lowest BCUT2D eigenvalue weighted by molar-refractivity contribution is -0.137. The van der Waals surface area contributed by atoms with Crippen molar-refractivity contribution >= 4 is 44.9 Å². The summed E-state index contributed by atoms with van der Waals surface area (Å²) in [5, 5.41) is 23.6. The third-order valence-electron chi connectivity index (χ3n) is 7.66. The van der Waals surface area contributed by atoms with Gasteiger partial charge in [0.25, 0.3) is 5.91 Å². The predicted molar refractivity (Wildman–Crippen MR) is 137 cm³/mol. The Kier molecular flexibility index (Phi) is 8.48. The van der Waals surface area contributed by atoms with Gasteiger partial charge in [0.2, 0.25) is 5.91 Å². The zero-order valence-corrected chi connectivity index (χ0v) is 22.5. The molecular weight excluding hydrogens is 577 g/mol. The van der Waals surface area contributed by atoms with E-state index in [0.717, 1.165) is 6.07 Å². The van der Waals surface area contributed by atoms with Gasteiger partial charge in [-0.3, -0.25) is 14.4 Å². The van der Waals surface area contributed by atoms with Crippen LogP contribution in [0.25, 0.3) is 0 Å². The first-order valence-electron chi connectivity index (χ1n) is 12.4. The number of anilines is 1. The summed E-state index contributed by atoms with van der Waals surface area (Å²) < 4.78 is 67.6. The summed E-state index contributed by atoms with van der Waals surface area (Å²) in [5.74, 6) is -8.27. The summed E-state index contributed by atoms with van der Waals surface area (Å²) >= 11 is 6.21. The number of rotatable bonds is 9. The van der Waals surface area contributed by atoms with Crippen molar-refractivity contribution in [1.29, 1.82) is 0 Å². The van der Waals surface area contributed by atoms with Crippen molar-refractivity contribution in [1.82, 2.24) is 5.32 Å². The number of sulfone groups is 1. The fraction of sp³-hybridized carbons (Fsp3) is 0.423.